The molecule has 0 spiro atoms. The summed E-state index contributed by atoms with van der Waals surface area (Å²) >= 11 is 0. The van der Waals surface area contributed by atoms with E-state index in [9.17, 15) is 0 Å². The van der Waals surface area contributed by atoms with Gasteiger partial charge in [0.2, 0.25) is 0 Å². The van der Waals surface area contributed by atoms with E-state index in [4.69, 9.17) is 19.4 Å². The van der Waals surface area contributed by atoms with Crippen LogP contribution in [0.5, 0.6) is 0 Å². The zero-order valence-electron chi connectivity index (χ0n) is 38.5. The zero-order chi connectivity index (χ0) is 43.9. The average molecular weight is 1020 g/mol. The topological polar surface area (TPSA) is 56.7 Å². The first-order valence-corrected chi connectivity index (χ1v) is 25.5. The number of hydrogen-bond acceptors (Lipinski definition) is 4. The zero-order valence-corrected chi connectivity index (χ0v) is 41.9. The quantitative estimate of drug-likeness (QED) is 0.112. The van der Waals surface area contributed by atoms with Gasteiger partial charge in [-0.15, -0.1) is 54.1 Å². The first kappa shape index (κ1) is 45.6. The van der Waals surface area contributed by atoms with Crippen molar-refractivity contribution in [2.24, 2.45) is 5.41 Å². The molecule has 5 nitrogen and oxygen atoms in total. The summed E-state index contributed by atoms with van der Waals surface area (Å²) in [6.07, 6.45) is 5.05. The van der Waals surface area contributed by atoms with E-state index in [0.29, 0.717) is 0 Å². The number of hydrogen-bond donors (Lipinski definition) is 0. The number of imidazole rings is 1. The molecule has 323 valence electrons. The molecule has 0 aliphatic heterocycles. The molecule has 0 N–H and O–H groups in total. The molecule has 7 heteroatoms. The van der Waals surface area contributed by atoms with E-state index in [0.717, 1.165) is 67.7 Å². The van der Waals surface area contributed by atoms with Crippen LogP contribution in [0.2, 0.25) is 19.6 Å². The smallest absolute Gasteiger partial charge is 0.120 e. The van der Waals surface area contributed by atoms with Crippen LogP contribution in [0.3, 0.4) is 0 Å². The molecule has 4 heterocycles. The van der Waals surface area contributed by atoms with Crippen LogP contribution in [0.1, 0.15) is 82.7 Å². The molecule has 0 aliphatic rings. The van der Waals surface area contributed by atoms with Crippen LogP contribution in [0.25, 0.3) is 72.4 Å². The maximum Gasteiger partial charge on any atom is 0.120 e. The molecule has 4 aromatic heterocycles. The summed E-state index contributed by atoms with van der Waals surface area (Å²) in [6, 6.07) is 46.8. The number of furan rings is 1. The van der Waals surface area contributed by atoms with E-state index >= 15 is 0 Å². The third-order valence-electron chi connectivity index (χ3n) is 11.6. The van der Waals surface area contributed by atoms with Crippen LogP contribution in [0.4, 0.5) is 0 Å². The summed E-state index contributed by atoms with van der Waals surface area (Å²) in [5, 5.41) is 3.64. The second-order valence-electron chi connectivity index (χ2n) is 19.4. The van der Waals surface area contributed by atoms with E-state index in [1.165, 1.54) is 38.7 Å². The van der Waals surface area contributed by atoms with Gasteiger partial charge in [-0.1, -0.05) is 139 Å². The Kier molecular flexibility index (Phi) is 13.3. The van der Waals surface area contributed by atoms with Crippen molar-refractivity contribution in [1.29, 1.82) is 0 Å². The molecule has 0 fully saturated rings. The Morgan fingerprint density at radius 2 is 1.41 bits per heavy atom. The van der Waals surface area contributed by atoms with Crippen LogP contribution in [0.15, 0.2) is 132 Å². The second kappa shape index (κ2) is 18.3. The first-order valence-electron chi connectivity index (χ1n) is 22.0. The average Bonchev–Trinajstić information content (AvgIpc) is 3.83. The van der Waals surface area contributed by atoms with Crippen molar-refractivity contribution in [2.45, 2.75) is 93.3 Å². The number of rotatable bonds is 8. The minimum atomic E-state index is -1.37. The number of aryl methyl sites for hydroxylation is 1. The van der Waals surface area contributed by atoms with Gasteiger partial charge in [-0.2, -0.15) is 0 Å². The Morgan fingerprint density at radius 3 is 2.06 bits per heavy atom. The van der Waals surface area contributed by atoms with Gasteiger partial charge in [0.25, 0.3) is 0 Å². The summed E-state index contributed by atoms with van der Waals surface area (Å²) < 4.78 is 8.82. The Balaban J connectivity index is 0.000000229. The minimum Gasteiger partial charge on any atom is -0.501 e. The standard InChI is InChI=1S/C37H32N3O.C19H26NSi.Ir/c1-22(2)30-20-26(25-12-7-6-8-13-25)21-31(23(3)4)35(30)40-34-24(5)38-19-18-32(34)39-37(40)29-16-11-15-28-27-14-9-10-17-33(27)41-36(28)29;1-19(2,3)13-16-12-17(15-10-8-7-9-11-15)20-14-18(16)21(4,5)6;/h6-15,17-23H,1-5H3;7-10,12,14H,13H2,1-6H3;/q2*-1;. The number of pyridine rings is 2. The van der Waals surface area contributed by atoms with E-state index in [-0.39, 0.29) is 37.4 Å². The molecule has 0 aliphatic carbocycles. The van der Waals surface area contributed by atoms with Crippen LogP contribution < -0.4 is 5.19 Å². The molecule has 0 atom stereocenters. The molecular weight excluding hydrogens is 965 g/mol. The Hall–Kier alpha value is -5.46. The molecule has 0 saturated carbocycles. The predicted octanol–water partition coefficient (Wildman–Crippen LogP) is 14.7. The van der Waals surface area contributed by atoms with Gasteiger partial charge < -0.3 is 14.0 Å². The maximum atomic E-state index is 6.49. The molecule has 1 radical (unpaired) electrons. The molecule has 0 saturated heterocycles. The maximum absolute atomic E-state index is 6.49. The second-order valence-corrected chi connectivity index (χ2v) is 24.4. The summed E-state index contributed by atoms with van der Waals surface area (Å²) in [5.74, 6) is 1.37. The number of para-hydroxylation sites is 1. The molecule has 5 aromatic carbocycles. The van der Waals surface area contributed by atoms with Crippen LogP contribution in [-0.4, -0.2) is 27.6 Å². The Morgan fingerprint density at radius 1 is 0.730 bits per heavy atom. The van der Waals surface area contributed by atoms with E-state index in [1.807, 2.05) is 48.7 Å². The van der Waals surface area contributed by atoms with Crippen molar-refractivity contribution >= 4 is 46.2 Å². The van der Waals surface area contributed by atoms with Crippen molar-refractivity contribution in [3.8, 4) is 39.5 Å². The number of benzene rings is 5. The van der Waals surface area contributed by atoms with E-state index < -0.39 is 8.07 Å². The summed E-state index contributed by atoms with van der Waals surface area (Å²) in [6.45, 7) is 25.2. The SMILES string of the molecule is CC(C)(C)Cc1cc(-c2[c-]cccc2)ncc1[Si](C)(C)C.Cc1nccc2nc(-c3[c-]ccc4c3oc3ccccc34)n(-c3c(C(C)C)cc(-c4ccccc4)cc3C(C)C)c12.[Ir]. The summed E-state index contributed by atoms with van der Waals surface area (Å²) in [7, 11) is -1.37. The minimum absolute atomic E-state index is 0. The Bertz CT molecular complexity index is 3000. The summed E-state index contributed by atoms with van der Waals surface area (Å²) in [4.78, 5) is 14.7. The predicted molar refractivity (Wildman–Crippen MR) is 263 cm³/mol. The largest absolute Gasteiger partial charge is 0.501 e. The van der Waals surface area contributed by atoms with Crippen molar-refractivity contribution < 1.29 is 24.5 Å². The van der Waals surface area contributed by atoms with Crippen LogP contribution in [0, 0.1) is 24.5 Å². The van der Waals surface area contributed by atoms with Crippen LogP contribution >= 0.6 is 0 Å². The molecular formula is C56H58IrN4OSi-2. The third kappa shape index (κ3) is 9.43. The first-order chi connectivity index (χ1) is 29.6. The Labute approximate surface area is 388 Å². The van der Waals surface area contributed by atoms with Gasteiger partial charge >= 0.3 is 0 Å². The number of fused-ring (bicyclic) bond motifs is 4. The molecule has 9 aromatic rings. The summed E-state index contributed by atoms with van der Waals surface area (Å²) in [5.41, 5.74) is 15.4. The monoisotopic (exact) mass is 1020 g/mol. The number of nitrogens with zero attached hydrogens (tertiary/aromatic N) is 4. The van der Waals surface area contributed by atoms with Gasteiger partial charge in [0, 0.05) is 43.6 Å². The number of aromatic nitrogens is 4. The van der Waals surface area contributed by atoms with Gasteiger partial charge in [-0.25, -0.2) is 0 Å². The van der Waals surface area contributed by atoms with Crippen molar-refractivity contribution in [3.05, 3.63) is 162 Å². The van der Waals surface area contributed by atoms with Crippen LogP contribution in [-0.2, 0) is 26.5 Å². The van der Waals surface area contributed by atoms with Crippen molar-refractivity contribution in [1.82, 2.24) is 19.5 Å². The van der Waals surface area contributed by atoms with Crippen molar-refractivity contribution in [3.63, 3.8) is 0 Å². The molecule has 0 bridgehead atoms. The van der Waals surface area contributed by atoms with Gasteiger partial charge in [0.15, 0.2) is 0 Å². The van der Waals surface area contributed by atoms with Gasteiger partial charge in [0.05, 0.1) is 36.2 Å². The fourth-order valence-electron chi connectivity index (χ4n) is 8.63. The molecule has 9 rings (SSSR count). The fourth-order valence-corrected chi connectivity index (χ4v) is 10.2. The van der Waals surface area contributed by atoms with Gasteiger partial charge in [-0.3, -0.25) is 9.97 Å². The normalized spacial score (nSPS) is 12.0. The molecule has 63 heavy (non-hydrogen) atoms. The molecule has 0 amide bonds. The van der Waals surface area contributed by atoms with Gasteiger partial charge in [0.1, 0.15) is 5.58 Å². The van der Waals surface area contributed by atoms with Gasteiger partial charge in [-0.05, 0) is 88.0 Å². The van der Waals surface area contributed by atoms with E-state index in [1.54, 1.807) is 0 Å². The fraction of sp³-hybridized carbons (Fsp3) is 0.268. The van der Waals surface area contributed by atoms with Crippen molar-refractivity contribution in [2.75, 3.05) is 0 Å². The van der Waals surface area contributed by atoms with E-state index in [2.05, 4.69) is 171 Å². The molecule has 0 unspecified atom stereocenters. The third-order valence-corrected chi connectivity index (χ3v) is 13.6.